The van der Waals surface area contributed by atoms with Crippen molar-refractivity contribution >= 4 is 17.2 Å². The van der Waals surface area contributed by atoms with Gasteiger partial charge in [0.25, 0.3) is 11.5 Å². The molecule has 0 radical (unpaired) electrons. The number of nitrogens with one attached hydrogen (secondary N) is 1. The van der Waals surface area contributed by atoms with Crippen LogP contribution in [0.1, 0.15) is 52.9 Å². The molecular formula is C30H26F3N3O4S. The van der Waals surface area contributed by atoms with Crippen LogP contribution < -0.4 is 10.3 Å². The fourth-order valence-corrected chi connectivity index (χ4v) is 6.38. The van der Waals surface area contributed by atoms with E-state index in [1.165, 1.54) is 28.0 Å². The van der Waals surface area contributed by atoms with Crippen molar-refractivity contribution in [1.82, 2.24) is 14.9 Å². The molecule has 2 aromatic heterocycles. The molecule has 1 aliphatic heterocycles. The van der Waals surface area contributed by atoms with Gasteiger partial charge in [-0.15, -0.1) is 24.5 Å². The number of carbonyl (C=O) groups excluding carboxylic acids is 1. The lowest BCUT2D eigenvalue weighted by molar-refractivity contribution is -0.274. The third kappa shape index (κ3) is 5.51. The summed E-state index contributed by atoms with van der Waals surface area (Å²) in [6, 6.07) is 16.0. The highest BCUT2D eigenvalue weighted by atomic mass is 32.1. The van der Waals surface area contributed by atoms with Gasteiger partial charge in [-0.3, -0.25) is 9.59 Å². The van der Waals surface area contributed by atoms with E-state index in [1.54, 1.807) is 41.7 Å². The Balaban J connectivity index is 1.22. The van der Waals surface area contributed by atoms with Gasteiger partial charge in [0.2, 0.25) is 0 Å². The van der Waals surface area contributed by atoms with Crippen LogP contribution in [0.25, 0.3) is 11.1 Å². The van der Waals surface area contributed by atoms with Gasteiger partial charge in [-0.2, -0.15) is 0 Å². The third-order valence-electron chi connectivity index (χ3n) is 7.64. The highest BCUT2D eigenvalue weighted by Crippen LogP contribution is 2.53. The molecule has 1 aliphatic carbocycles. The van der Waals surface area contributed by atoms with Crippen LogP contribution in [-0.2, 0) is 23.2 Å². The number of aromatic amines is 1. The van der Waals surface area contributed by atoms with Crippen molar-refractivity contribution in [1.29, 1.82) is 0 Å². The topological polar surface area (TPSA) is 95.5 Å². The Hall–Kier alpha value is -3.96. The van der Waals surface area contributed by atoms with Crippen LogP contribution in [0.15, 0.2) is 70.8 Å². The fraction of sp³-hybridized carbons (Fsp3) is 0.300. The van der Waals surface area contributed by atoms with Gasteiger partial charge in [0.15, 0.2) is 6.10 Å². The van der Waals surface area contributed by atoms with Crippen molar-refractivity contribution in [2.75, 3.05) is 6.54 Å². The number of ether oxygens (including phenoxy) is 1. The van der Waals surface area contributed by atoms with Gasteiger partial charge in [-0.25, -0.2) is 4.98 Å². The van der Waals surface area contributed by atoms with E-state index in [-0.39, 0.29) is 28.8 Å². The van der Waals surface area contributed by atoms with E-state index in [9.17, 15) is 27.9 Å². The number of aliphatic hydroxyl groups excluding tert-OH is 1. The summed E-state index contributed by atoms with van der Waals surface area (Å²) in [5, 5.41) is 13.0. The zero-order valence-electron chi connectivity index (χ0n) is 21.8. The molecule has 7 nitrogen and oxygen atoms in total. The number of nitrogens with zero attached hydrogens (tertiary/aromatic N) is 2. The van der Waals surface area contributed by atoms with E-state index in [2.05, 4.69) is 15.8 Å². The number of alkyl halides is 3. The largest absolute Gasteiger partial charge is 0.573 e. The first-order valence-electron chi connectivity index (χ1n) is 13.2. The molecular weight excluding hydrogens is 555 g/mol. The maximum atomic E-state index is 13.4. The lowest BCUT2D eigenvalue weighted by atomic mass is 10.00. The van der Waals surface area contributed by atoms with Crippen LogP contribution in [0.2, 0.25) is 0 Å². The number of thiophene rings is 1. The molecule has 4 aromatic rings. The minimum Gasteiger partial charge on any atom is -0.406 e. The quantitative estimate of drug-likeness (QED) is 0.314. The Morgan fingerprint density at radius 3 is 2.56 bits per heavy atom. The van der Waals surface area contributed by atoms with Gasteiger partial charge in [-0.1, -0.05) is 36.4 Å². The Morgan fingerprint density at radius 2 is 1.85 bits per heavy atom. The van der Waals surface area contributed by atoms with Gasteiger partial charge in [0, 0.05) is 11.4 Å². The van der Waals surface area contributed by atoms with Crippen molar-refractivity contribution < 1.29 is 27.8 Å². The van der Waals surface area contributed by atoms with Crippen LogP contribution >= 0.6 is 11.3 Å². The van der Waals surface area contributed by atoms with Gasteiger partial charge >= 0.3 is 6.36 Å². The number of aromatic nitrogens is 2. The minimum absolute atomic E-state index is 0.0242. The number of benzene rings is 2. The molecule has 0 bridgehead atoms. The van der Waals surface area contributed by atoms with Crippen LogP contribution in [0.3, 0.4) is 0 Å². The lowest BCUT2D eigenvalue weighted by Crippen LogP contribution is -2.36. The summed E-state index contributed by atoms with van der Waals surface area (Å²) in [5.41, 5.74) is 1.81. The Bertz CT molecular complexity index is 1650. The smallest absolute Gasteiger partial charge is 0.406 e. The van der Waals surface area contributed by atoms with Crippen LogP contribution in [0.5, 0.6) is 5.75 Å². The number of amides is 1. The summed E-state index contributed by atoms with van der Waals surface area (Å²) in [4.78, 5) is 37.1. The summed E-state index contributed by atoms with van der Waals surface area (Å²) in [7, 11) is 0. The van der Waals surface area contributed by atoms with Crippen LogP contribution in [0.4, 0.5) is 13.2 Å². The van der Waals surface area contributed by atoms with Crippen molar-refractivity contribution in [2.24, 2.45) is 0 Å². The van der Waals surface area contributed by atoms with Gasteiger partial charge in [-0.05, 0) is 72.0 Å². The summed E-state index contributed by atoms with van der Waals surface area (Å²) in [6.07, 6.45) is -3.38. The normalized spacial score (nSPS) is 16.9. The molecule has 6 rings (SSSR count). The second-order valence-electron chi connectivity index (χ2n) is 10.4. The average molecular weight is 582 g/mol. The van der Waals surface area contributed by atoms with Crippen molar-refractivity contribution in [3.63, 3.8) is 0 Å². The number of halogens is 3. The first kappa shape index (κ1) is 27.2. The fourth-order valence-electron chi connectivity index (χ4n) is 5.39. The van der Waals surface area contributed by atoms with E-state index < -0.39 is 18.4 Å². The maximum absolute atomic E-state index is 13.4. The van der Waals surface area contributed by atoms with Crippen molar-refractivity contribution in [3.8, 4) is 16.9 Å². The van der Waals surface area contributed by atoms with Gasteiger partial charge < -0.3 is 19.7 Å². The molecule has 1 amide bonds. The molecule has 2 aromatic carbocycles. The number of hydrogen-bond acceptors (Lipinski definition) is 6. The van der Waals surface area contributed by atoms with E-state index >= 15 is 0 Å². The van der Waals surface area contributed by atoms with E-state index in [4.69, 9.17) is 4.98 Å². The summed E-state index contributed by atoms with van der Waals surface area (Å²) in [6.45, 7) is 0.365. The van der Waals surface area contributed by atoms with E-state index in [0.717, 1.165) is 12.8 Å². The number of H-pyrrole nitrogens is 1. The molecule has 0 spiro atoms. The second kappa shape index (κ2) is 10.5. The third-order valence-corrected chi connectivity index (χ3v) is 8.71. The second-order valence-corrected chi connectivity index (χ2v) is 11.3. The maximum Gasteiger partial charge on any atom is 0.573 e. The zero-order chi connectivity index (χ0) is 28.8. The monoisotopic (exact) mass is 581 g/mol. The first-order chi connectivity index (χ1) is 19.6. The summed E-state index contributed by atoms with van der Waals surface area (Å²) in [5.74, 6) is -0.264. The van der Waals surface area contributed by atoms with Crippen molar-refractivity contribution in [3.05, 3.63) is 104 Å². The number of aryl methyl sites for hydroxylation is 1. The highest BCUT2D eigenvalue weighted by Gasteiger charge is 2.49. The van der Waals surface area contributed by atoms with Gasteiger partial charge in [0.1, 0.15) is 11.6 Å². The van der Waals surface area contributed by atoms with Crippen LogP contribution in [0, 0.1) is 0 Å². The predicted octanol–water partition coefficient (Wildman–Crippen LogP) is 5.49. The molecule has 1 saturated carbocycles. The molecule has 0 saturated heterocycles. The molecule has 1 fully saturated rings. The number of aliphatic hydroxyl groups is 1. The SMILES string of the molecule is O=C(C(O)c1cccc(-c2cccc(OC(F)(F)F)c2)c1)N1CCCc2nc(C3(c4cccs4)CC3)[nH]c(=O)c2C1. The molecule has 1 atom stereocenters. The molecule has 11 heteroatoms. The number of rotatable bonds is 6. The Morgan fingerprint density at radius 1 is 1.10 bits per heavy atom. The Labute approximate surface area is 237 Å². The van der Waals surface area contributed by atoms with Crippen molar-refractivity contribution in [2.45, 2.75) is 50.1 Å². The highest BCUT2D eigenvalue weighted by molar-refractivity contribution is 7.10. The molecule has 212 valence electrons. The lowest BCUT2D eigenvalue weighted by Gasteiger charge is -2.24. The summed E-state index contributed by atoms with van der Waals surface area (Å²) < 4.78 is 42.0. The van der Waals surface area contributed by atoms with Gasteiger partial charge in [0.05, 0.1) is 23.2 Å². The Kier molecular flexibility index (Phi) is 6.95. The first-order valence-corrected chi connectivity index (χ1v) is 14.1. The molecule has 2 aliphatic rings. The average Bonchev–Trinajstić information content (AvgIpc) is 3.63. The predicted molar refractivity (Wildman–Crippen MR) is 146 cm³/mol. The van der Waals surface area contributed by atoms with E-state index in [0.29, 0.717) is 47.6 Å². The molecule has 41 heavy (non-hydrogen) atoms. The van der Waals surface area contributed by atoms with E-state index in [1.807, 2.05) is 11.4 Å². The molecule has 2 N–H and O–H groups in total. The number of hydrogen-bond donors (Lipinski definition) is 2. The minimum atomic E-state index is -4.82. The van der Waals surface area contributed by atoms with Crippen LogP contribution in [-0.4, -0.2) is 38.8 Å². The standard InChI is InChI=1S/C30H26F3N3O4S/c31-30(32,33)40-21-8-2-6-19(16-21)18-5-1-7-20(15-18)25(37)27(39)36-13-3-9-23-22(17-36)26(38)35-28(34-23)29(11-12-29)24-10-4-14-41-24/h1-2,4-8,10,14-16,25,37H,3,9,11-13,17H2,(H,34,35,38). The zero-order valence-corrected chi connectivity index (χ0v) is 22.6. The molecule has 1 unspecified atom stereocenters. The number of carbonyl (C=O) groups is 1. The summed E-state index contributed by atoms with van der Waals surface area (Å²) >= 11 is 1.65. The molecule has 3 heterocycles. The number of fused-ring (bicyclic) bond motifs is 1.